The summed E-state index contributed by atoms with van der Waals surface area (Å²) in [6, 6.07) is 2.02. The molecule has 0 aliphatic carbocycles. The highest BCUT2D eigenvalue weighted by atomic mass is 32.2. The van der Waals surface area contributed by atoms with E-state index in [0.29, 0.717) is 23.9 Å². The quantitative estimate of drug-likeness (QED) is 0.622. The molecule has 1 aliphatic rings. The van der Waals surface area contributed by atoms with Crippen molar-refractivity contribution in [1.29, 1.82) is 0 Å². The first kappa shape index (κ1) is 20.8. The van der Waals surface area contributed by atoms with Crippen molar-refractivity contribution < 1.29 is 13.2 Å². The van der Waals surface area contributed by atoms with Crippen LogP contribution in [0.4, 0.5) is 5.69 Å². The average molecular weight is 448 g/mol. The zero-order valence-electron chi connectivity index (χ0n) is 17.2. The summed E-state index contributed by atoms with van der Waals surface area (Å²) in [5.74, 6) is 0.539. The normalized spacial score (nSPS) is 19.9. The molecule has 8 nitrogen and oxygen atoms in total. The van der Waals surface area contributed by atoms with Crippen LogP contribution in [-0.2, 0) is 14.6 Å². The van der Waals surface area contributed by atoms with E-state index >= 15 is 0 Å². The number of likely N-dealkylation sites (tertiary alicyclic amines) is 1. The van der Waals surface area contributed by atoms with Gasteiger partial charge in [0, 0.05) is 49.6 Å². The summed E-state index contributed by atoms with van der Waals surface area (Å²) in [6.07, 6.45) is 7.54. The monoisotopic (exact) mass is 447 g/mol. The molecular formula is C20H25N5O3S2. The van der Waals surface area contributed by atoms with E-state index in [-0.39, 0.29) is 16.2 Å². The van der Waals surface area contributed by atoms with Gasteiger partial charge in [0.05, 0.1) is 17.4 Å². The number of amides is 1. The second-order valence-electron chi connectivity index (χ2n) is 7.75. The Kier molecular flexibility index (Phi) is 5.54. The Hall–Kier alpha value is -2.46. The van der Waals surface area contributed by atoms with E-state index in [9.17, 15) is 13.2 Å². The summed E-state index contributed by atoms with van der Waals surface area (Å²) in [6.45, 7) is 5.48. The van der Waals surface area contributed by atoms with Gasteiger partial charge in [0.2, 0.25) is 5.91 Å². The van der Waals surface area contributed by atoms with Crippen LogP contribution in [0.25, 0.3) is 21.6 Å². The number of sulfone groups is 1. The van der Waals surface area contributed by atoms with E-state index in [1.54, 1.807) is 6.20 Å². The molecule has 10 heteroatoms. The van der Waals surface area contributed by atoms with Crippen LogP contribution < -0.4 is 5.32 Å². The lowest BCUT2D eigenvalue weighted by atomic mass is 9.92. The first-order chi connectivity index (χ1) is 14.3. The Morgan fingerprint density at radius 3 is 2.87 bits per heavy atom. The number of nitrogens with zero attached hydrogens (tertiary/aromatic N) is 3. The molecule has 1 saturated heterocycles. The highest BCUT2D eigenvalue weighted by molar-refractivity contribution is 7.92. The van der Waals surface area contributed by atoms with E-state index in [2.05, 4.69) is 27.2 Å². The Labute approximate surface area is 179 Å². The van der Waals surface area contributed by atoms with Crippen molar-refractivity contribution in [2.45, 2.75) is 36.9 Å². The lowest BCUT2D eigenvalue weighted by Crippen LogP contribution is -2.49. The minimum Gasteiger partial charge on any atom is -0.379 e. The minimum absolute atomic E-state index is 0.0721. The molecule has 0 saturated carbocycles. The molecule has 3 aromatic rings. The number of pyridine rings is 1. The first-order valence-corrected chi connectivity index (χ1v) is 12.7. The summed E-state index contributed by atoms with van der Waals surface area (Å²) in [5.41, 5.74) is 2.36. The van der Waals surface area contributed by atoms with Gasteiger partial charge in [0.25, 0.3) is 0 Å². The van der Waals surface area contributed by atoms with Crippen LogP contribution in [0, 0.1) is 5.92 Å². The largest absolute Gasteiger partial charge is 0.379 e. The smallest absolute Gasteiger partial charge is 0.222 e. The maximum Gasteiger partial charge on any atom is 0.222 e. The number of carbonyl (C=O) groups excluding carboxylic acids is 1. The number of thiazole rings is 1. The van der Waals surface area contributed by atoms with Gasteiger partial charge in [0.15, 0.2) is 9.84 Å². The van der Waals surface area contributed by atoms with Gasteiger partial charge in [-0.15, -0.1) is 11.3 Å². The molecule has 2 N–H and O–H groups in total. The summed E-state index contributed by atoms with van der Waals surface area (Å²) in [4.78, 5) is 26.1. The van der Waals surface area contributed by atoms with E-state index in [0.717, 1.165) is 46.6 Å². The fourth-order valence-corrected chi connectivity index (χ4v) is 5.53. The topological polar surface area (TPSA) is 108 Å². The number of piperidine rings is 1. The predicted octanol–water partition coefficient (Wildman–Crippen LogP) is 3.15. The minimum atomic E-state index is -3.33. The molecule has 4 rings (SSSR count). The van der Waals surface area contributed by atoms with Crippen molar-refractivity contribution in [3.05, 3.63) is 24.7 Å². The van der Waals surface area contributed by atoms with Crippen LogP contribution in [0.15, 0.2) is 28.9 Å². The summed E-state index contributed by atoms with van der Waals surface area (Å²) < 4.78 is 24.1. The Morgan fingerprint density at radius 2 is 2.17 bits per heavy atom. The van der Waals surface area contributed by atoms with Gasteiger partial charge in [-0.25, -0.2) is 18.4 Å². The second kappa shape index (κ2) is 7.99. The number of carbonyl (C=O) groups is 1. The van der Waals surface area contributed by atoms with Crippen molar-refractivity contribution in [2.75, 3.05) is 24.7 Å². The van der Waals surface area contributed by atoms with Crippen LogP contribution in [0.2, 0.25) is 0 Å². The fraction of sp³-hybridized carbons (Fsp3) is 0.450. The van der Waals surface area contributed by atoms with E-state index in [4.69, 9.17) is 0 Å². The van der Waals surface area contributed by atoms with Gasteiger partial charge < -0.3 is 15.2 Å². The number of aromatic amines is 1. The third-order valence-electron chi connectivity index (χ3n) is 5.61. The van der Waals surface area contributed by atoms with Crippen molar-refractivity contribution in [2.24, 2.45) is 5.92 Å². The number of hydrogen-bond acceptors (Lipinski definition) is 7. The lowest BCUT2D eigenvalue weighted by molar-refractivity contribution is -0.132. The molecule has 0 aromatic carbocycles. The third kappa shape index (κ3) is 3.93. The number of nitrogens with one attached hydrogen (secondary N) is 2. The van der Waals surface area contributed by atoms with E-state index in [1.807, 2.05) is 24.1 Å². The molecule has 3 aromatic heterocycles. The molecule has 1 amide bonds. The van der Waals surface area contributed by atoms with Crippen LogP contribution >= 0.6 is 11.3 Å². The predicted molar refractivity (Wildman–Crippen MR) is 118 cm³/mol. The molecule has 160 valence electrons. The van der Waals surface area contributed by atoms with Gasteiger partial charge >= 0.3 is 0 Å². The maximum absolute atomic E-state index is 12.2. The van der Waals surface area contributed by atoms with Gasteiger partial charge in [-0.3, -0.25) is 4.79 Å². The molecule has 0 bridgehead atoms. The highest BCUT2D eigenvalue weighted by Crippen LogP contribution is 2.38. The number of rotatable bonds is 5. The zero-order valence-corrected chi connectivity index (χ0v) is 18.8. The third-order valence-corrected chi connectivity index (χ3v) is 8.43. The van der Waals surface area contributed by atoms with E-state index < -0.39 is 9.84 Å². The number of aromatic nitrogens is 3. The van der Waals surface area contributed by atoms with Gasteiger partial charge in [-0.05, 0) is 18.4 Å². The van der Waals surface area contributed by atoms with Crippen LogP contribution in [0.1, 0.15) is 26.7 Å². The SMILES string of the molecule is CCC(=O)N1CC[C@@H](C)[C@@H](Nc2c(-c3ncc(S(C)(=O)=O)s3)cnc3[nH]ccc23)C1. The van der Waals surface area contributed by atoms with Gasteiger partial charge in [-0.1, -0.05) is 13.8 Å². The number of fused-ring (bicyclic) bond motifs is 1. The fourth-order valence-electron chi connectivity index (χ4n) is 3.77. The average Bonchev–Trinajstić information content (AvgIpc) is 3.38. The molecule has 2 atom stereocenters. The van der Waals surface area contributed by atoms with Crippen LogP contribution in [0.5, 0.6) is 0 Å². The Bertz CT molecular complexity index is 1180. The zero-order chi connectivity index (χ0) is 21.5. The van der Waals surface area contributed by atoms with Crippen molar-refractivity contribution in [1.82, 2.24) is 19.9 Å². The van der Waals surface area contributed by atoms with Crippen molar-refractivity contribution >= 4 is 43.8 Å². The Morgan fingerprint density at radius 1 is 1.37 bits per heavy atom. The molecular weight excluding hydrogens is 422 g/mol. The lowest BCUT2D eigenvalue weighted by Gasteiger charge is -2.38. The summed E-state index contributed by atoms with van der Waals surface area (Å²) >= 11 is 1.14. The maximum atomic E-state index is 12.2. The summed E-state index contributed by atoms with van der Waals surface area (Å²) in [7, 11) is -3.33. The highest BCUT2D eigenvalue weighted by Gasteiger charge is 2.29. The number of hydrogen-bond donors (Lipinski definition) is 2. The molecule has 0 radical (unpaired) electrons. The van der Waals surface area contributed by atoms with Gasteiger partial charge in [0.1, 0.15) is 14.9 Å². The van der Waals surface area contributed by atoms with Crippen LogP contribution in [0.3, 0.4) is 0 Å². The molecule has 1 aliphatic heterocycles. The number of anilines is 1. The van der Waals surface area contributed by atoms with Crippen molar-refractivity contribution in [3.63, 3.8) is 0 Å². The standard InChI is InChI=1S/C20H25N5O3S2/c1-4-16(26)25-8-6-12(2)15(11-25)24-18-13-5-7-21-19(13)22-9-14(18)20-23-10-17(29-20)30(3,27)28/h5,7,9-10,12,15H,4,6,8,11H2,1-3H3,(H2,21,22,24)/t12-,15+/m1/s1. The number of H-pyrrole nitrogens is 1. The molecule has 4 heterocycles. The van der Waals surface area contributed by atoms with Crippen LogP contribution in [-0.4, -0.2) is 59.6 Å². The van der Waals surface area contributed by atoms with E-state index in [1.165, 1.54) is 12.5 Å². The molecule has 30 heavy (non-hydrogen) atoms. The molecule has 1 fully saturated rings. The molecule has 0 unspecified atom stereocenters. The summed E-state index contributed by atoms with van der Waals surface area (Å²) in [5, 5.41) is 5.15. The van der Waals surface area contributed by atoms with Crippen molar-refractivity contribution in [3.8, 4) is 10.6 Å². The van der Waals surface area contributed by atoms with Gasteiger partial charge in [-0.2, -0.15) is 0 Å². The Balaban J connectivity index is 1.74. The molecule has 0 spiro atoms. The first-order valence-electron chi connectivity index (χ1n) is 9.94. The second-order valence-corrected chi connectivity index (χ2v) is 11.0.